The predicted octanol–water partition coefficient (Wildman–Crippen LogP) is 3.03. The molecular weight excluding hydrogens is 196 g/mol. The lowest BCUT2D eigenvalue weighted by Crippen LogP contribution is -2.44. The summed E-state index contributed by atoms with van der Waals surface area (Å²) >= 11 is 0. The second kappa shape index (κ2) is 9.00. The van der Waals surface area contributed by atoms with Crippen LogP contribution in [-0.4, -0.2) is 37.1 Å². The van der Waals surface area contributed by atoms with E-state index in [0.717, 1.165) is 6.04 Å². The van der Waals surface area contributed by atoms with Crippen LogP contribution in [0.1, 0.15) is 58.8 Å². The summed E-state index contributed by atoms with van der Waals surface area (Å²) in [6.45, 7) is 9.69. The Labute approximate surface area is 102 Å². The van der Waals surface area contributed by atoms with Gasteiger partial charge in [-0.2, -0.15) is 0 Å². The summed E-state index contributed by atoms with van der Waals surface area (Å²) in [5, 5.41) is 3.66. The summed E-state index contributed by atoms with van der Waals surface area (Å²) < 4.78 is 0. The number of hydrogen-bond donors (Lipinski definition) is 1. The molecule has 1 aliphatic rings. The maximum Gasteiger partial charge on any atom is 0.0195 e. The minimum atomic E-state index is 0.766. The Morgan fingerprint density at radius 2 is 1.75 bits per heavy atom. The standard InChI is InChI=1S/C14H30N2/c1-3-5-11-16(12-6-4-2)13-14-9-7-8-10-15-14/h14-15H,3-13H2,1-2H3. The molecule has 1 atom stereocenters. The molecule has 1 unspecified atom stereocenters. The number of piperidine rings is 1. The van der Waals surface area contributed by atoms with Crippen LogP contribution in [0.4, 0.5) is 0 Å². The van der Waals surface area contributed by atoms with Gasteiger partial charge in [0.05, 0.1) is 0 Å². The first kappa shape index (κ1) is 14.0. The fraction of sp³-hybridized carbons (Fsp3) is 1.00. The smallest absolute Gasteiger partial charge is 0.0195 e. The van der Waals surface area contributed by atoms with Gasteiger partial charge < -0.3 is 10.2 Å². The second-order valence-corrected chi connectivity index (χ2v) is 5.15. The fourth-order valence-electron chi connectivity index (χ4n) is 2.45. The van der Waals surface area contributed by atoms with Crippen molar-refractivity contribution in [2.75, 3.05) is 26.2 Å². The van der Waals surface area contributed by atoms with Crippen molar-refractivity contribution in [2.24, 2.45) is 0 Å². The lowest BCUT2D eigenvalue weighted by molar-refractivity contribution is 0.218. The maximum atomic E-state index is 3.66. The zero-order valence-electron chi connectivity index (χ0n) is 11.3. The Kier molecular flexibility index (Phi) is 7.87. The highest BCUT2D eigenvalue weighted by atomic mass is 15.1. The summed E-state index contributed by atoms with van der Waals surface area (Å²) in [7, 11) is 0. The van der Waals surface area contributed by atoms with Gasteiger partial charge in [0.1, 0.15) is 0 Å². The fourth-order valence-corrected chi connectivity index (χ4v) is 2.45. The third-order valence-electron chi connectivity index (χ3n) is 3.55. The number of nitrogens with zero attached hydrogens (tertiary/aromatic N) is 1. The zero-order chi connectivity index (χ0) is 11.6. The van der Waals surface area contributed by atoms with E-state index in [9.17, 15) is 0 Å². The van der Waals surface area contributed by atoms with E-state index in [2.05, 4.69) is 24.1 Å². The van der Waals surface area contributed by atoms with E-state index in [1.165, 1.54) is 71.1 Å². The van der Waals surface area contributed by atoms with E-state index in [-0.39, 0.29) is 0 Å². The van der Waals surface area contributed by atoms with Crippen molar-refractivity contribution in [1.82, 2.24) is 10.2 Å². The van der Waals surface area contributed by atoms with Crippen LogP contribution in [-0.2, 0) is 0 Å². The van der Waals surface area contributed by atoms with Gasteiger partial charge in [0.15, 0.2) is 0 Å². The molecule has 0 aromatic heterocycles. The molecule has 1 saturated heterocycles. The third-order valence-corrected chi connectivity index (χ3v) is 3.55. The van der Waals surface area contributed by atoms with Crippen LogP contribution < -0.4 is 5.32 Å². The minimum absolute atomic E-state index is 0.766. The first-order chi connectivity index (χ1) is 7.86. The Balaban J connectivity index is 2.23. The molecule has 2 nitrogen and oxygen atoms in total. The van der Waals surface area contributed by atoms with Gasteiger partial charge in [-0.1, -0.05) is 33.1 Å². The van der Waals surface area contributed by atoms with Crippen molar-refractivity contribution in [2.45, 2.75) is 64.8 Å². The van der Waals surface area contributed by atoms with Gasteiger partial charge in [-0.25, -0.2) is 0 Å². The van der Waals surface area contributed by atoms with E-state index >= 15 is 0 Å². The first-order valence-electron chi connectivity index (χ1n) is 7.32. The van der Waals surface area contributed by atoms with Crippen molar-refractivity contribution >= 4 is 0 Å². The van der Waals surface area contributed by atoms with E-state index in [1.54, 1.807) is 0 Å². The molecule has 1 fully saturated rings. The van der Waals surface area contributed by atoms with Crippen molar-refractivity contribution < 1.29 is 0 Å². The summed E-state index contributed by atoms with van der Waals surface area (Å²) in [4.78, 5) is 2.68. The minimum Gasteiger partial charge on any atom is -0.313 e. The van der Waals surface area contributed by atoms with E-state index in [0.29, 0.717) is 0 Å². The quantitative estimate of drug-likeness (QED) is 0.684. The highest BCUT2D eigenvalue weighted by Crippen LogP contribution is 2.09. The Morgan fingerprint density at radius 3 is 2.25 bits per heavy atom. The van der Waals surface area contributed by atoms with Gasteiger partial charge in [-0.15, -0.1) is 0 Å². The normalized spacial score (nSPS) is 21.6. The monoisotopic (exact) mass is 226 g/mol. The summed E-state index contributed by atoms with van der Waals surface area (Å²) in [6.07, 6.45) is 9.54. The lowest BCUT2D eigenvalue weighted by Gasteiger charge is -2.30. The van der Waals surface area contributed by atoms with Crippen LogP contribution in [0.2, 0.25) is 0 Å². The van der Waals surface area contributed by atoms with Crippen LogP contribution in [0.3, 0.4) is 0 Å². The van der Waals surface area contributed by atoms with Gasteiger partial charge in [0.2, 0.25) is 0 Å². The molecule has 1 rings (SSSR count). The molecule has 1 heterocycles. The van der Waals surface area contributed by atoms with Gasteiger partial charge in [-0.3, -0.25) is 0 Å². The number of hydrogen-bond acceptors (Lipinski definition) is 2. The van der Waals surface area contributed by atoms with Crippen LogP contribution >= 0.6 is 0 Å². The topological polar surface area (TPSA) is 15.3 Å². The Morgan fingerprint density at radius 1 is 1.06 bits per heavy atom. The molecule has 0 aromatic rings. The van der Waals surface area contributed by atoms with Crippen molar-refractivity contribution in [3.63, 3.8) is 0 Å². The van der Waals surface area contributed by atoms with Crippen LogP contribution in [0.15, 0.2) is 0 Å². The second-order valence-electron chi connectivity index (χ2n) is 5.15. The average molecular weight is 226 g/mol. The SMILES string of the molecule is CCCCN(CCCC)CC1CCCCN1. The number of nitrogens with one attached hydrogen (secondary N) is 1. The molecule has 0 bridgehead atoms. The molecular formula is C14H30N2. The number of rotatable bonds is 8. The predicted molar refractivity (Wildman–Crippen MR) is 71.9 cm³/mol. The third kappa shape index (κ3) is 5.86. The molecule has 0 amide bonds. The largest absolute Gasteiger partial charge is 0.313 e. The average Bonchev–Trinajstić information content (AvgIpc) is 2.34. The van der Waals surface area contributed by atoms with Crippen LogP contribution in [0, 0.1) is 0 Å². The van der Waals surface area contributed by atoms with Crippen molar-refractivity contribution in [3.8, 4) is 0 Å². The van der Waals surface area contributed by atoms with Gasteiger partial charge in [0, 0.05) is 12.6 Å². The maximum absolute atomic E-state index is 3.66. The molecule has 1 N–H and O–H groups in total. The van der Waals surface area contributed by atoms with E-state index < -0.39 is 0 Å². The van der Waals surface area contributed by atoms with Gasteiger partial charge in [-0.05, 0) is 45.3 Å². The van der Waals surface area contributed by atoms with Crippen LogP contribution in [0.5, 0.6) is 0 Å². The number of unbranched alkanes of at least 4 members (excludes halogenated alkanes) is 2. The summed E-state index contributed by atoms with van der Waals surface area (Å²) in [5.74, 6) is 0. The molecule has 2 heteroatoms. The Hall–Kier alpha value is -0.0800. The lowest BCUT2D eigenvalue weighted by atomic mass is 10.0. The highest BCUT2D eigenvalue weighted by Gasteiger charge is 2.15. The highest BCUT2D eigenvalue weighted by molar-refractivity contribution is 4.76. The molecule has 0 aliphatic carbocycles. The summed E-state index contributed by atoms with van der Waals surface area (Å²) in [6, 6.07) is 0.766. The molecule has 0 radical (unpaired) electrons. The van der Waals surface area contributed by atoms with Crippen molar-refractivity contribution in [1.29, 1.82) is 0 Å². The summed E-state index contributed by atoms with van der Waals surface area (Å²) in [5.41, 5.74) is 0. The zero-order valence-corrected chi connectivity index (χ0v) is 11.3. The van der Waals surface area contributed by atoms with Gasteiger partial charge >= 0.3 is 0 Å². The molecule has 16 heavy (non-hydrogen) atoms. The Bertz CT molecular complexity index is 145. The molecule has 0 saturated carbocycles. The molecule has 1 aliphatic heterocycles. The van der Waals surface area contributed by atoms with E-state index in [4.69, 9.17) is 0 Å². The van der Waals surface area contributed by atoms with Crippen molar-refractivity contribution in [3.05, 3.63) is 0 Å². The first-order valence-corrected chi connectivity index (χ1v) is 7.32. The molecule has 0 spiro atoms. The van der Waals surface area contributed by atoms with Crippen LogP contribution in [0.25, 0.3) is 0 Å². The van der Waals surface area contributed by atoms with Gasteiger partial charge in [0.25, 0.3) is 0 Å². The molecule has 0 aromatic carbocycles. The molecule has 96 valence electrons. The van der Waals surface area contributed by atoms with E-state index in [1.807, 2.05) is 0 Å².